The molecule has 31 heavy (non-hydrogen) atoms. The summed E-state index contributed by atoms with van der Waals surface area (Å²) in [4.78, 5) is 31.2. The summed E-state index contributed by atoms with van der Waals surface area (Å²) in [6.45, 7) is 0.350. The fourth-order valence-corrected chi connectivity index (χ4v) is 4.08. The molecule has 0 radical (unpaired) electrons. The minimum Gasteiger partial charge on any atom is -0.497 e. The van der Waals surface area contributed by atoms with Gasteiger partial charge in [0.1, 0.15) is 11.9 Å². The molecule has 1 saturated heterocycles. The van der Waals surface area contributed by atoms with E-state index < -0.39 is 23.7 Å². The van der Waals surface area contributed by atoms with Gasteiger partial charge in [0, 0.05) is 18.3 Å². The molecule has 8 nitrogen and oxygen atoms in total. The number of aliphatic imine (C=N–C) groups is 1. The zero-order valence-electron chi connectivity index (χ0n) is 16.4. The van der Waals surface area contributed by atoms with Gasteiger partial charge in [-0.25, -0.2) is 19.2 Å². The van der Waals surface area contributed by atoms with Gasteiger partial charge in [0.15, 0.2) is 16.8 Å². The molecule has 2 heterocycles. The van der Waals surface area contributed by atoms with E-state index in [-0.39, 0.29) is 28.4 Å². The lowest BCUT2D eigenvalue weighted by molar-refractivity contribution is -0.121. The van der Waals surface area contributed by atoms with Crippen LogP contribution in [0.15, 0.2) is 47.5 Å². The first-order valence-electron chi connectivity index (χ1n) is 9.38. The maximum atomic E-state index is 13.8. The van der Waals surface area contributed by atoms with Crippen LogP contribution >= 0.6 is 11.8 Å². The minimum absolute atomic E-state index is 0.0386. The minimum atomic E-state index is -1.07. The third kappa shape index (κ3) is 4.53. The van der Waals surface area contributed by atoms with Crippen LogP contribution in [0.5, 0.6) is 5.75 Å². The Bertz CT molecular complexity index is 1030. The SMILES string of the molecule is COc1ccc(NC(=O)CSC2=NC3NNCC3C(=O)N2c2ccc(F)c(F)c2)cc1. The van der Waals surface area contributed by atoms with Crippen LogP contribution in [-0.2, 0) is 9.59 Å². The Morgan fingerprint density at radius 1 is 1.26 bits per heavy atom. The highest BCUT2D eigenvalue weighted by molar-refractivity contribution is 8.14. The fraction of sp³-hybridized carbons (Fsp3) is 0.250. The van der Waals surface area contributed by atoms with E-state index in [2.05, 4.69) is 21.2 Å². The predicted octanol–water partition coefficient (Wildman–Crippen LogP) is 2.10. The Kier molecular flexibility index (Phi) is 6.16. The molecule has 4 rings (SSSR count). The Morgan fingerprint density at radius 2 is 2.03 bits per heavy atom. The standard InChI is InChI=1S/C20H19F2N5O3S/c1-30-13-5-2-11(3-6-13)24-17(28)10-31-20-25-18-14(9-23-26-18)19(29)27(20)12-4-7-15(21)16(22)8-12/h2-8,14,18,23,26H,9-10H2,1H3,(H,24,28). The van der Waals surface area contributed by atoms with E-state index >= 15 is 0 Å². The van der Waals surface area contributed by atoms with Crippen LogP contribution in [0.3, 0.4) is 0 Å². The molecule has 162 valence electrons. The summed E-state index contributed by atoms with van der Waals surface area (Å²) in [5.41, 5.74) is 6.52. The van der Waals surface area contributed by atoms with E-state index in [4.69, 9.17) is 4.74 Å². The van der Waals surface area contributed by atoms with Crippen LogP contribution in [0.25, 0.3) is 0 Å². The number of anilines is 2. The Balaban J connectivity index is 1.51. The van der Waals surface area contributed by atoms with Crippen LogP contribution < -0.4 is 25.8 Å². The number of nitrogens with zero attached hydrogens (tertiary/aromatic N) is 2. The predicted molar refractivity (Wildman–Crippen MR) is 114 cm³/mol. The van der Waals surface area contributed by atoms with Gasteiger partial charge in [0.25, 0.3) is 0 Å². The molecule has 2 aromatic carbocycles. The largest absolute Gasteiger partial charge is 0.497 e. The highest BCUT2D eigenvalue weighted by Crippen LogP contribution is 2.30. The Hall–Kier alpha value is -3.02. The summed E-state index contributed by atoms with van der Waals surface area (Å²) in [6.07, 6.45) is -0.499. The molecule has 0 aliphatic carbocycles. The number of nitrogens with one attached hydrogen (secondary N) is 3. The summed E-state index contributed by atoms with van der Waals surface area (Å²) in [5.74, 6) is -2.58. The van der Waals surface area contributed by atoms with Gasteiger partial charge in [-0.15, -0.1) is 0 Å². The number of benzene rings is 2. The van der Waals surface area contributed by atoms with Gasteiger partial charge in [-0.3, -0.25) is 19.9 Å². The highest BCUT2D eigenvalue weighted by atomic mass is 32.2. The summed E-state index contributed by atoms with van der Waals surface area (Å²) >= 11 is 1.03. The fourth-order valence-electron chi connectivity index (χ4n) is 3.23. The summed E-state index contributed by atoms with van der Waals surface area (Å²) in [7, 11) is 1.55. The summed E-state index contributed by atoms with van der Waals surface area (Å²) in [6, 6.07) is 10.0. The van der Waals surface area contributed by atoms with Crippen molar-refractivity contribution in [1.82, 2.24) is 10.9 Å². The maximum absolute atomic E-state index is 13.8. The molecule has 0 saturated carbocycles. The second-order valence-corrected chi connectivity index (χ2v) is 7.77. The van der Waals surface area contributed by atoms with Crippen LogP contribution in [-0.4, -0.2) is 42.6 Å². The third-order valence-electron chi connectivity index (χ3n) is 4.80. The zero-order valence-corrected chi connectivity index (χ0v) is 17.2. The van der Waals surface area contributed by atoms with Crippen molar-refractivity contribution in [3.05, 3.63) is 54.1 Å². The van der Waals surface area contributed by atoms with E-state index in [9.17, 15) is 18.4 Å². The average molecular weight is 447 g/mol. The number of hydrogen-bond acceptors (Lipinski definition) is 7. The maximum Gasteiger partial charge on any atom is 0.241 e. The van der Waals surface area contributed by atoms with Crippen molar-refractivity contribution in [2.75, 3.05) is 29.6 Å². The number of amides is 2. The number of hydrazine groups is 1. The van der Waals surface area contributed by atoms with Crippen molar-refractivity contribution in [2.24, 2.45) is 10.9 Å². The number of rotatable bonds is 5. The molecule has 2 amide bonds. The molecule has 2 aliphatic heterocycles. The molecule has 2 aromatic rings. The van der Waals surface area contributed by atoms with Crippen molar-refractivity contribution in [3.63, 3.8) is 0 Å². The van der Waals surface area contributed by atoms with Gasteiger partial charge in [0.05, 0.1) is 24.5 Å². The molecule has 0 spiro atoms. The number of amidine groups is 1. The second kappa shape index (κ2) is 9.00. The van der Waals surface area contributed by atoms with E-state index in [1.54, 1.807) is 31.4 Å². The second-order valence-electron chi connectivity index (χ2n) is 6.83. The van der Waals surface area contributed by atoms with Gasteiger partial charge in [0.2, 0.25) is 11.8 Å². The van der Waals surface area contributed by atoms with E-state index in [1.807, 2.05) is 0 Å². The van der Waals surface area contributed by atoms with Gasteiger partial charge >= 0.3 is 0 Å². The number of ether oxygens (including phenoxy) is 1. The molecule has 2 atom stereocenters. The van der Waals surface area contributed by atoms with Crippen molar-refractivity contribution in [3.8, 4) is 5.75 Å². The van der Waals surface area contributed by atoms with E-state index in [0.717, 1.165) is 23.9 Å². The quantitative estimate of drug-likeness (QED) is 0.650. The molecule has 2 aliphatic rings. The van der Waals surface area contributed by atoms with Crippen molar-refractivity contribution < 1.29 is 23.1 Å². The zero-order chi connectivity index (χ0) is 22.0. The number of fused-ring (bicyclic) bond motifs is 1. The van der Waals surface area contributed by atoms with Gasteiger partial charge in [-0.1, -0.05) is 11.8 Å². The number of carbonyl (C=O) groups excluding carboxylic acids is 2. The molecular weight excluding hydrogens is 428 g/mol. The van der Waals surface area contributed by atoms with Crippen molar-refractivity contribution >= 4 is 40.1 Å². The Morgan fingerprint density at radius 3 is 2.74 bits per heavy atom. The number of carbonyl (C=O) groups is 2. The smallest absolute Gasteiger partial charge is 0.241 e. The first-order valence-corrected chi connectivity index (χ1v) is 10.4. The van der Waals surface area contributed by atoms with Crippen LogP contribution in [0.4, 0.5) is 20.2 Å². The summed E-state index contributed by atoms with van der Waals surface area (Å²) < 4.78 is 32.3. The number of thioether (sulfide) groups is 1. The molecule has 0 bridgehead atoms. The monoisotopic (exact) mass is 447 g/mol. The van der Waals surface area contributed by atoms with Crippen molar-refractivity contribution in [1.29, 1.82) is 0 Å². The van der Waals surface area contributed by atoms with Crippen LogP contribution in [0, 0.1) is 17.6 Å². The van der Waals surface area contributed by atoms with Gasteiger partial charge < -0.3 is 10.1 Å². The molecule has 0 aromatic heterocycles. The molecular formula is C20H19F2N5O3S. The third-order valence-corrected chi connectivity index (χ3v) is 5.75. The molecule has 11 heteroatoms. The average Bonchev–Trinajstić information content (AvgIpc) is 3.24. The first-order chi connectivity index (χ1) is 15.0. The van der Waals surface area contributed by atoms with Crippen molar-refractivity contribution in [2.45, 2.75) is 6.17 Å². The lowest BCUT2D eigenvalue weighted by Crippen LogP contribution is -2.49. The summed E-state index contributed by atoms with van der Waals surface area (Å²) in [5, 5.41) is 2.97. The van der Waals surface area contributed by atoms with Crippen LogP contribution in [0.1, 0.15) is 0 Å². The van der Waals surface area contributed by atoms with E-state index in [0.29, 0.717) is 18.0 Å². The molecule has 1 fully saturated rings. The number of halogens is 2. The highest BCUT2D eigenvalue weighted by Gasteiger charge is 2.42. The lowest BCUT2D eigenvalue weighted by Gasteiger charge is -2.32. The van der Waals surface area contributed by atoms with E-state index in [1.165, 1.54) is 11.0 Å². The topological polar surface area (TPSA) is 95.1 Å². The lowest BCUT2D eigenvalue weighted by atomic mass is 10.0. The van der Waals surface area contributed by atoms with Gasteiger partial charge in [-0.2, -0.15) is 0 Å². The molecule has 2 unspecified atom stereocenters. The first kappa shape index (κ1) is 21.2. The van der Waals surface area contributed by atoms with Crippen LogP contribution in [0.2, 0.25) is 0 Å². The normalized spacial score (nSPS) is 20.3. The number of hydrogen-bond donors (Lipinski definition) is 3. The van der Waals surface area contributed by atoms with Gasteiger partial charge in [-0.05, 0) is 36.4 Å². The Labute approximate surface area is 181 Å². The molecule has 3 N–H and O–H groups in total. The number of methoxy groups -OCH3 is 1.